The molecule has 7 nitrogen and oxygen atoms in total. The quantitative estimate of drug-likeness (QED) is 0.289. The molecule has 2 amide bonds. The van der Waals surface area contributed by atoms with E-state index in [-0.39, 0.29) is 23.4 Å². The summed E-state index contributed by atoms with van der Waals surface area (Å²) in [5.74, 6) is -0.738. The van der Waals surface area contributed by atoms with Gasteiger partial charge in [-0.1, -0.05) is 70.7 Å². The van der Waals surface area contributed by atoms with Crippen LogP contribution >= 0.6 is 27.5 Å². The predicted octanol–water partition coefficient (Wildman–Crippen LogP) is 6.08. The van der Waals surface area contributed by atoms with Gasteiger partial charge in [0.15, 0.2) is 0 Å². The Morgan fingerprint density at radius 3 is 2.25 bits per heavy atom. The molecule has 3 aromatic rings. The van der Waals surface area contributed by atoms with Crippen molar-refractivity contribution in [2.24, 2.45) is 0 Å². The van der Waals surface area contributed by atoms with Gasteiger partial charge < -0.3 is 10.2 Å². The molecule has 0 bridgehead atoms. The molecular weight excluding hydrogens is 614 g/mol. The number of aryl methyl sites for hydroxylation is 1. The number of para-hydroxylation sites is 1. The topological polar surface area (TPSA) is 86.8 Å². The number of nitrogens with zero attached hydrogens (tertiary/aromatic N) is 2. The summed E-state index contributed by atoms with van der Waals surface area (Å²) in [7, 11) is -4.14. The Bertz CT molecular complexity index is 1440. The Morgan fingerprint density at radius 1 is 1.00 bits per heavy atom. The minimum Gasteiger partial charge on any atom is -0.352 e. The van der Waals surface area contributed by atoms with Crippen molar-refractivity contribution in [2.45, 2.75) is 63.1 Å². The van der Waals surface area contributed by atoms with Gasteiger partial charge in [0.1, 0.15) is 12.6 Å². The molecule has 1 fully saturated rings. The van der Waals surface area contributed by atoms with E-state index in [1.54, 1.807) is 32.0 Å². The molecule has 0 spiro atoms. The third-order valence-corrected chi connectivity index (χ3v) is 9.75. The van der Waals surface area contributed by atoms with Crippen LogP contribution in [0.2, 0.25) is 5.02 Å². The van der Waals surface area contributed by atoms with Gasteiger partial charge in [0.05, 0.1) is 10.6 Å². The van der Waals surface area contributed by atoms with Crippen LogP contribution in [-0.2, 0) is 26.2 Å². The molecule has 40 heavy (non-hydrogen) atoms. The number of hydrogen-bond donors (Lipinski definition) is 1. The smallest absolute Gasteiger partial charge is 0.264 e. The number of benzene rings is 3. The predicted molar refractivity (Wildman–Crippen MR) is 162 cm³/mol. The van der Waals surface area contributed by atoms with Crippen LogP contribution in [-0.4, -0.2) is 43.8 Å². The van der Waals surface area contributed by atoms with Crippen LogP contribution in [0.25, 0.3) is 0 Å². The Labute approximate surface area is 249 Å². The third-order valence-electron chi connectivity index (χ3n) is 7.20. The number of carbonyl (C=O) groups is 2. The van der Waals surface area contributed by atoms with Crippen molar-refractivity contribution in [1.29, 1.82) is 0 Å². The summed E-state index contributed by atoms with van der Waals surface area (Å²) in [6.45, 7) is 3.15. The van der Waals surface area contributed by atoms with Gasteiger partial charge in [0.2, 0.25) is 11.8 Å². The molecule has 0 radical (unpaired) electrons. The van der Waals surface area contributed by atoms with Crippen molar-refractivity contribution >= 4 is 55.1 Å². The summed E-state index contributed by atoms with van der Waals surface area (Å²) in [5.41, 5.74) is 1.90. The number of sulfonamides is 1. The normalized spacial score (nSPS) is 14.5. The zero-order chi connectivity index (χ0) is 28.9. The summed E-state index contributed by atoms with van der Waals surface area (Å²) in [6.07, 6.45) is 3.96. The molecule has 1 N–H and O–H groups in total. The van der Waals surface area contributed by atoms with E-state index in [0.717, 1.165) is 40.0 Å². The molecule has 0 aromatic heterocycles. The minimum absolute atomic E-state index is 0.0134. The molecule has 0 saturated heterocycles. The highest BCUT2D eigenvalue weighted by molar-refractivity contribution is 9.10. The SMILES string of the molecule is Cc1ccccc1N(CC(=O)N(Cc1ccc(Br)cc1)[C@@H](C)C(=O)NC1CCCC1)S(=O)(=O)c1ccc(Cl)cc1. The van der Waals surface area contributed by atoms with E-state index in [1.165, 1.54) is 29.2 Å². The van der Waals surface area contributed by atoms with E-state index in [9.17, 15) is 18.0 Å². The summed E-state index contributed by atoms with van der Waals surface area (Å²) in [4.78, 5) is 28.8. The summed E-state index contributed by atoms with van der Waals surface area (Å²) in [6, 6.07) is 19.6. The van der Waals surface area contributed by atoms with E-state index in [1.807, 2.05) is 30.3 Å². The van der Waals surface area contributed by atoms with E-state index >= 15 is 0 Å². The van der Waals surface area contributed by atoms with Crippen molar-refractivity contribution in [1.82, 2.24) is 10.2 Å². The Kier molecular flexibility index (Phi) is 9.92. The number of hydrogen-bond acceptors (Lipinski definition) is 4. The highest BCUT2D eigenvalue weighted by Crippen LogP contribution is 2.28. The van der Waals surface area contributed by atoms with Gasteiger partial charge in [-0.2, -0.15) is 0 Å². The molecule has 0 unspecified atom stereocenters. The third kappa shape index (κ3) is 7.25. The largest absolute Gasteiger partial charge is 0.352 e. The number of nitrogens with one attached hydrogen (secondary N) is 1. The fourth-order valence-electron chi connectivity index (χ4n) is 4.85. The van der Waals surface area contributed by atoms with E-state index in [2.05, 4.69) is 21.2 Å². The second-order valence-corrected chi connectivity index (χ2v) is 13.3. The standard InChI is InChI=1S/C30H33BrClN3O4S/c1-21-7-3-6-10-28(21)35(40(38,39)27-17-15-25(32)16-18-27)20-29(36)34(19-23-11-13-24(31)14-12-23)22(2)30(37)33-26-8-4-5-9-26/h3,6-7,10-18,22,26H,4-5,8-9,19-20H2,1-2H3,(H,33,37)/t22-/m0/s1. The molecular formula is C30H33BrClN3O4S. The van der Waals surface area contributed by atoms with Crippen LogP contribution in [0.15, 0.2) is 82.2 Å². The first-order valence-electron chi connectivity index (χ1n) is 13.2. The van der Waals surface area contributed by atoms with Gasteiger partial charge in [-0.25, -0.2) is 8.42 Å². The number of amides is 2. The molecule has 10 heteroatoms. The maximum absolute atomic E-state index is 14.0. The molecule has 0 aliphatic heterocycles. The highest BCUT2D eigenvalue weighted by atomic mass is 79.9. The van der Waals surface area contributed by atoms with Crippen molar-refractivity contribution in [3.05, 3.63) is 93.4 Å². The number of rotatable bonds is 10. The molecule has 4 rings (SSSR count). The van der Waals surface area contributed by atoms with Gasteiger partial charge in [0.25, 0.3) is 10.0 Å². The first kappa shape index (κ1) is 30.1. The lowest BCUT2D eigenvalue weighted by molar-refractivity contribution is -0.139. The minimum atomic E-state index is -4.14. The van der Waals surface area contributed by atoms with Gasteiger partial charge in [-0.3, -0.25) is 13.9 Å². The van der Waals surface area contributed by atoms with Gasteiger partial charge in [-0.05, 0) is 80.3 Å². The first-order valence-corrected chi connectivity index (χ1v) is 15.9. The van der Waals surface area contributed by atoms with Crippen LogP contribution in [0.1, 0.15) is 43.7 Å². The molecule has 1 atom stereocenters. The monoisotopic (exact) mass is 645 g/mol. The Morgan fingerprint density at radius 2 is 1.62 bits per heavy atom. The fraction of sp³-hybridized carbons (Fsp3) is 0.333. The average molecular weight is 647 g/mol. The average Bonchev–Trinajstić information content (AvgIpc) is 3.44. The molecule has 1 aliphatic carbocycles. The maximum atomic E-state index is 14.0. The zero-order valence-corrected chi connectivity index (χ0v) is 25.7. The fourth-order valence-corrected chi connectivity index (χ4v) is 6.72. The maximum Gasteiger partial charge on any atom is 0.264 e. The summed E-state index contributed by atoms with van der Waals surface area (Å²) in [5, 5.41) is 3.48. The van der Waals surface area contributed by atoms with Gasteiger partial charge in [0, 0.05) is 22.1 Å². The van der Waals surface area contributed by atoms with Crippen LogP contribution in [0, 0.1) is 6.92 Å². The van der Waals surface area contributed by atoms with Crippen molar-refractivity contribution in [3.63, 3.8) is 0 Å². The second-order valence-electron chi connectivity index (χ2n) is 10.1. The van der Waals surface area contributed by atoms with Crippen LogP contribution < -0.4 is 9.62 Å². The van der Waals surface area contributed by atoms with Crippen molar-refractivity contribution in [2.75, 3.05) is 10.8 Å². The van der Waals surface area contributed by atoms with E-state index in [0.29, 0.717) is 16.3 Å². The number of anilines is 1. The van der Waals surface area contributed by atoms with Crippen LogP contribution in [0.5, 0.6) is 0 Å². The number of halogens is 2. The van der Waals surface area contributed by atoms with Crippen molar-refractivity contribution in [3.8, 4) is 0 Å². The highest BCUT2D eigenvalue weighted by Gasteiger charge is 2.33. The molecule has 1 aliphatic rings. The Hall–Kier alpha value is -2.88. The summed E-state index contributed by atoms with van der Waals surface area (Å²) >= 11 is 9.44. The lowest BCUT2D eigenvalue weighted by Crippen LogP contribution is -2.52. The van der Waals surface area contributed by atoms with Crippen molar-refractivity contribution < 1.29 is 18.0 Å². The lowest BCUT2D eigenvalue weighted by Gasteiger charge is -2.33. The first-order chi connectivity index (χ1) is 19.1. The molecule has 3 aromatic carbocycles. The van der Waals surface area contributed by atoms with Crippen LogP contribution in [0.3, 0.4) is 0 Å². The van der Waals surface area contributed by atoms with E-state index in [4.69, 9.17) is 11.6 Å². The Balaban J connectivity index is 1.69. The summed E-state index contributed by atoms with van der Waals surface area (Å²) < 4.78 is 29.8. The zero-order valence-electron chi connectivity index (χ0n) is 22.5. The van der Waals surface area contributed by atoms with E-state index < -0.39 is 28.5 Å². The molecule has 212 valence electrons. The van der Waals surface area contributed by atoms with Crippen LogP contribution in [0.4, 0.5) is 5.69 Å². The molecule has 1 saturated carbocycles. The van der Waals surface area contributed by atoms with Gasteiger partial charge in [-0.15, -0.1) is 0 Å². The van der Waals surface area contributed by atoms with Gasteiger partial charge >= 0.3 is 0 Å². The second kappa shape index (κ2) is 13.2. The lowest BCUT2D eigenvalue weighted by atomic mass is 10.1. The molecule has 0 heterocycles. The number of carbonyl (C=O) groups excluding carboxylic acids is 2.